The van der Waals surface area contributed by atoms with Crippen LogP contribution in [0, 0.1) is 5.92 Å². The lowest BCUT2D eigenvalue weighted by Crippen LogP contribution is -2.23. The summed E-state index contributed by atoms with van der Waals surface area (Å²) in [6, 6.07) is 10.1. The first-order chi connectivity index (χ1) is 8.75. The van der Waals surface area contributed by atoms with Gasteiger partial charge in [-0.2, -0.15) is 0 Å². The summed E-state index contributed by atoms with van der Waals surface area (Å²) < 4.78 is 6.39. The van der Waals surface area contributed by atoms with E-state index in [1.54, 1.807) is 0 Å². The van der Waals surface area contributed by atoms with Gasteiger partial charge in [0, 0.05) is 22.4 Å². The minimum atomic E-state index is -0.0634. The molecule has 0 amide bonds. The fourth-order valence-electron chi connectivity index (χ4n) is 2.40. The molecule has 94 valence electrons. The summed E-state index contributed by atoms with van der Waals surface area (Å²) in [6.07, 6.45) is 1.02. The smallest absolute Gasteiger partial charge is 0.0724 e. The van der Waals surface area contributed by atoms with Crippen molar-refractivity contribution in [3.8, 4) is 0 Å². The van der Waals surface area contributed by atoms with E-state index in [0.717, 1.165) is 40.7 Å². The van der Waals surface area contributed by atoms with Gasteiger partial charge >= 0.3 is 0 Å². The normalized spacial score (nSPS) is 21.3. The van der Waals surface area contributed by atoms with Gasteiger partial charge in [-0.25, -0.2) is 4.98 Å². The lowest BCUT2D eigenvalue weighted by atomic mass is 9.96. The molecule has 1 aromatic heterocycles. The van der Waals surface area contributed by atoms with E-state index in [1.807, 2.05) is 18.2 Å². The number of rotatable bonds is 2. The predicted octanol–water partition coefficient (Wildman–Crippen LogP) is 3.03. The molecule has 1 aliphatic rings. The maximum atomic E-state index is 6.32. The molecule has 2 unspecified atom stereocenters. The van der Waals surface area contributed by atoms with Crippen LogP contribution in [0.2, 0.25) is 0 Å². The van der Waals surface area contributed by atoms with Crippen molar-refractivity contribution in [1.82, 2.24) is 4.98 Å². The summed E-state index contributed by atoms with van der Waals surface area (Å²) in [7, 11) is 0. The van der Waals surface area contributed by atoms with Crippen molar-refractivity contribution in [2.24, 2.45) is 11.7 Å². The molecule has 3 nitrogen and oxygen atoms in total. The molecule has 1 saturated heterocycles. The van der Waals surface area contributed by atoms with E-state index in [4.69, 9.17) is 15.5 Å². The molecule has 0 spiro atoms. The van der Waals surface area contributed by atoms with Gasteiger partial charge < -0.3 is 10.5 Å². The highest BCUT2D eigenvalue weighted by atomic mass is 79.9. The van der Waals surface area contributed by atoms with Crippen molar-refractivity contribution in [2.45, 2.75) is 12.5 Å². The first-order valence-electron chi connectivity index (χ1n) is 6.14. The molecule has 18 heavy (non-hydrogen) atoms. The highest BCUT2D eigenvalue weighted by Gasteiger charge is 2.26. The Hall–Kier alpha value is -0.970. The molecule has 1 fully saturated rings. The number of pyridine rings is 1. The summed E-state index contributed by atoms with van der Waals surface area (Å²) in [5.74, 6) is 0.370. The molecule has 1 aliphatic heterocycles. The Bertz CT molecular complexity index is 567. The van der Waals surface area contributed by atoms with Gasteiger partial charge in [-0.1, -0.05) is 18.2 Å². The third-order valence-corrected chi connectivity index (χ3v) is 4.13. The van der Waals surface area contributed by atoms with Crippen LogP contribution in [0.4, 0.5) is 0 Å². The molecule has 0 radical (unpaired) electrons. The second-order valence-electron chi connectivity index (χ2n) is 4.70. The molecule has 3 rings (SSSR count). The predicted molar refractivity (Wildman–Crippen MR) is 75.3 cm³/mol. The van der Waals surface area contributed by atoms with Gasteiger partial charge in [0.15, 0.2) is 0 Å². The fourth-order valence-corrected chi connectivity index (χ4v) is 3.00. The molecular weight excluding hydrogens is 292 g/mol. The van der Waals surface area contributed by atoms with E-state index in [1.165, 1.54) is 0 Å². The number of aromatic nitrogens is 1. The van der Waals surface area contributed by atoms with Crippen molar-refractivity contribution in [3.05, 3.63) is 40.5 Å². The van der Waals surface area contributed by atoms with Gasteiger partial charge in [0.05, 0.1) is 23.9 Å². The number of para-hydroxylation sites is 1. The zero-order valence-electron chi connectivity index (χ0n) is 9.97. The zero-order chi connectivity index (χ0) is 12.5. The third-order valence-electron chi connectivity index (χ3n) is 3.49. The standard InChI is InChI=1S/C14H15BrN2O/c15-11-7-9-3-1-2-4-12(9)17-14(11)13(16)10-5-6-18-8-10/h1-4,7,10,13H,5-6,8,16H2. The number of benzene rings is 1. The topological polar surface area (TPSA) is 48.1 Å². The number of nitrogens with two attached hydrogens (primary N) is 1. The van der Waals surface area contributed by atoms with Crippen LogP contribution in [-0.2, 0) is 4.74 Å². The minimum Gasteiger partial charge on any atom is -0.381 e. The molecule has 2 heterocycles. The number of nitrogens with zero attached hydrogens (tertiary/aromatic N) is 1. The van der Waals surface area contributed by atoms with Crippen LogP contribution in [0.5, 0.6) is 0 Å². The lowest BCUT2D eigenvalue weighted by Gasteiger charge is -2.18. The van der Waals surface area contributed by atoms with Crippen LogP contribution in [0.25, 0.3) is 10.9 Å². The Morgan fingerprint density at radius 2 is 2.22 bits per heavy atom. The van der Waals surface area contributed by atoms with Gasteiger partial charge in [-0.3, -0.25) is 0 Å². The average molecular weight is 307 g/mol. The maximum absolute atomic E-state index is 6.32. The number of hydrogen-bond acceptors (Lipinski definition) is 3. The Morgan fingerprint density at radius 1 is 1.39 bits per heavy atom. The molecule has 1 aromatic carbocycles. The van der Waals surface area contributed by atoms with Crippen molar-refractivity contribution < 1.29 is 4.74 Å². The van der Waals surface area contributed by atoms with Crippen molar-refractivity contribution in [3.63, 3.8) is 0 Å². The van der Waals surface area contributed by atoms with E-state index in [-0.39, 0.29) is 6.04 Å². The summed E-state index contributed by atoms with van der Waals surface area (Å²) in [5, 5.41) is 1.13. The Labute approximate surface area is 114 Å². The molecule has 0 bridgehead atoms. The molecule has 2 aromatic rings. The van der Waals surface area contributed by atoms with Crippen LogP contribution >= 0.6 is 15.9 Å². The lowest BCUT2D eigenvalue weighted by molar-refractivity contribution is 0.180. The van der Waals surface area contributed by atoms with Crippen molar-refractivity contribution in [1.29, 1.82) is 0 Å². The van der Waals surface area contributed by atoms with Gasteiger partial charge in [0.1, 0.15) is 0 Å². The van der Waals surface area contributed by atoms with Crippen molar-refractivity contribution >= 4 is 26.8 Å². The van der Waals surface area contributed by atoms with Crippen LogP contribution < -0.4 is 5.73 Å². The number of halogens is 1. The molecule has 0 saturated carbocycles. The van der Waals surface area contributed by atoms with Crippen LogP contribution in [0.3, 0.4) is 0 Å². The fraction of sp³-hybridized carbons (Fsp3) is 0.357. The van der Waals surface area contributed by atoms with Gasteiger partial charge in [0.25, 0.3) is 0 Å². The van der Waals surface area contributed by atoms with Crippen molar-refractivity contribution in [2.75, 3.05) is 13.2 Å². The second kappa shape index (κ2) is 4.96. The quantitative estimate of drug-likeness (QED) is 0.927. The van der Waals surface area contributed by atoms with Crippen LogP contribution in [0.15, 0.2) is 34.8 Å². The first-order valence-corrected chi connectivity index (χ1v) is 6.93. The van der Waals surface area contributed by atoms with E-state index in [2.05, 4.69) is 28.1 Å². The largest absolute Gasteiger partial charge is 0.381 e. The monoisotopic (exact) mass is 306 g/mol. The number of fused-ring (bicyclic) bond motifs is 1. The number of hydrogen-bond donors (Lipinski definition) is 1. The minimum absolute atomic E-state index is 0.0634. The highest BCUT2D eigenvalue weighted by molar-refractivity contribution is 9.10. The summed E-state index contributed by atoms with van der Waals surface area (Å²) in [6.45, 7) is 1.55. The molecular formula is C14H15BrN2O. The van der Waals surface area contributed by atoms with Crippen LogP contribution in [0.1, 0.15) is 18.2 Å². The molecule has 2 atom stereocenters. The zero-order valence-corrected chi connectivity index (χ0v) is 11.6. The Balaban J connectivity index is 2.02. The second-order valence-corrected chi connectivity index (χ2v) is 5.55. The van der Waals surface area contributed by atoms with Gasteiger partial charge in [-0.05, 0) is 34.5 Å². The molecule has 4 heteroatoms. The molecule has 2 N–H and O–H groups in total. The Kier molecular flexibility index (Phi) is 3.33. The summed E-state index contributed by atoms with van der Waals surface area (Å²) in [4.78, 5) is 4.69. The van der Waals surface area contributed by atoms with Gasteiger partial charge in [-0.15, -0.1) is 0 Å². The van der Waals surface area contributed by atoms with Crippen LogP contribution in [-0.4, -0.2) is 18.2 Å². The summed E-state index contributed by atoms with van der Waals surface area (Å²) >= 11 is 3.58. The Morgan fingerprint density at radius 3 is 3.00 bits per heavy atom. The van der Waals surface area contributed by atoms with E-state index >= 15 is 0 Å². The molecule has 0 aliphatic carbocycles. The van der Waals surface area contributed by atoms with E-state index in [9.17, 15) is 0 Å². The third kappa shape index (κ3) is 2.16. The first kappa shape index (κ1) is 12.1. The van der Waals surface area contributed by atoms with E-state index in [0.29, 0.717) is 5.92 Å². The average Bonchev–Trinajstić information content (AvgIpc) is 2.91. The summed E-state index contributed by atoms with van der Waals surface area (Å²) in [5.41, 5.74) is 8.24. The number of ether oxygens (including phenoxy) is 1. The maximum Gasteiger partial charge on any atom is 0.0724 e. The van der Waals surface area contributed by atoms with Gasteiger partial charge in [0.2, 0.25) is 0 Å². The SMILES string of the molecule is NC(c1nc2ccccc2cc1Br)C1CCOC1. The van der Waals surface area contributed by atoms with E-state index < -0.39 is 0 Å². The highest BCUT2D eigenvalue weighted by Crippen LogP contribution is 2.31.